The molecule has 0 bridgehead atoms. The summed E-state index contributed by atoms with van der Waals surface area (Å²) in [6.45, 7) is 1.96. The number of carbonyl (C=O) groups excluding carboxylic acids is 2. The Bertz CT molecular complexity index is 1310. The van der Waals surface area contributed by atoms with E-state index in [9.17, 15) is 9.59 Å². The average Bonchev–Trinajstić information content (AvgIpc) is 2.95. The van der Waals surface area contributed by atoms with Crippen LogP contribution >= 0.6 is 0 Å². The van der Waals surface area contributed by atoms with Crippen LogP contribution in [0.5, 0.6) is 11.5 Å². The maximum atomic E-state index is 14.4. The highest BCUT2D eigenvalue weighted by Gasteiger charge is 2.51. The van der Waals surface area contributed by atoms with E-state index >= 15 is 0 Å². The number of amides is 2. The largest absolute Gasteiger partial charge is 0.497 e. The van der Waals surface area contributed by atoms with E-state index in [0.717, 1.165) is 24.8 Å². The van der Waals surface area contributed by atoms with Gasteiger partial charge >= 0.3 is 0 Å². The number of methoxy groups -OCH3 is 2. The van der Waals surface area contributed by atoms with Crippen LogP contribution in [-0.4, -0.2) is 36.5 Å². The van der Waals surface area contributed by atoms with E-state index in [1.165, 1.54) is 11.1 Å². The van der Waals surface area contributed by atoms with Crippen LogP contribution < -0.4 is 14.8 Å². The molecule has 3 aromatic rings. The van der Waals surface area contributed by atoms with Gasteiger partial charge in [0.25, 0.3) is 0 Å². The lowest BCUT2D eigenvalue weighted by atomic mass is 9.62. The number of nitrogens with one attached hydrogen (secondary N) is 1. The molecule has 3 atom stereocenters. The molecule has 2 aliphatic carbocycles. The van der Waals surface area contributed by atoms with E-state index < -0.39 is 5.54 Å². The van der Waals surface area contributed by atoms with Gasteiger partial charge in [-0.1, -0.05) is 54.6 Å². The van der Waals surface area contributed by atoms with Crippen LogP contribution in [0.1, 0.15) is 42.9 Å². The molecule has 0 radical (unpaired) electrons. The Morgan fingerprint density at radius 2 is 1.61 bits per heavy atom. The Morgan fingerprint density at radius 3 is 2.26 bits per heavy atom. The van der Waals surface area contributed by atoms with Gasteiger partial charge in [-0.3, -0.25) is 9.59 Å². The Labute approximate surface area is 225 Å². The average molecular weight is 513 g/mol. The smallest absolute Gasteiger partial charge is 0.250 e. The van der Waals surface area contributed by atoms with Gasteiger partial charge in [0, 0.05) is 19.5 Å². The second kappa shape index (κ2) is 10.9. The van der Waals surface area contributed by atoms with Gasteiger partial charge in [0.15, 0.2) is 0 Å². The van der Waals surface area contributed by atoms with Crippen molar-refractivity contribution in [1.29, 1.82) is 0 Å². The summed E-state index contributed by atoms with van der Waals surface area (Å²) in [5.41, 5.74) is 3.38. The molecule has 6 nitrogen and oxygen atoms in total. The zero-order valence-electron chi connectivity index (χ0n) is 22.4. The summed E-state index contributed by atoms with van der Waals surface area (Å²) in [5, 5.41) is 3.15. The van der Waals surface area contributed by atoms with Gasteiger partial charge in [0.05, 0.1) is 19.9 Å². The van der Waals surface area contributed by atoms with Gasteiger partial charge < -0.3 is 19.7 Å². The molecule has 2 aliphatic rings. The maximum Gasteiger partial charge on any atom is 0.250 e. The molecular formula is C32H36N2O4. The lowest BCUT2D eigenvalue weighted by Crippen LogP contribution is -2.61. The number of fused-ring (bicyclic) bond motifs is 2. The van der Waals surface area contributed by atoms with E-state index in [4.69, 9.17) is 9.47 Å². The fourth-order valence-corrected chi connectivity index (χ4v) is 6.44. The molecule has 0 saturated heterocycles. The molecule has 1 N–H and O–H groups in total. The molecular weight excluding hydrogens is 476 g/mol. The van der Waals surface area contributed by atoms with Crippen molar-refractivity contribution < 1.29 is 19.1 Å². The maximum absolute atomic E-state index is 14.4. The number of hydrogen-bond acceptors (Lipinski definition) is 4. The van der Waals surface area contributed by atoms with Crippen molar-refractivity contribution in [2.45, 2.75) is 51.1 Å². The molecule has 2 amide bonds. The minimum absolute atomic E-state index is 0.0969. The zero-order valence-corrected chi connectivity index (χ0v) is 22.4. The summed E-state index contributed by atoms with van der Waals surface area (Å²) in [5.74, 6) is 1.73. The Morgan fingerprint density at radius 1 is 0.921 bits per heavy atom. The second-order valence-corrected chi connectivity index (χ2v) is 10.6. The number of anilines is 1. The topological polar surface area (TPSA) is 67.9 Å². The fourth-order valence-electron chi connectivity index (χ4n) is 6.44. The molecule has 1 fully saturated rings. The first-order valence-corrected chi connectivity index (χ1v) is 13.4. The number of rotatable bonds is 7. The first-order chi connectivity index (χ1) is 18.4. The quantitative estimate of drug-likeness (QED) is 0.445. The monoisotopic (exact) mass is 512 g/mol. The lowest BCUT2D eigenvalue weighted by Gasteiger charge is -2.50. The third-order valence-electron chi connectivity index (χ3n) is 8.44. The summed E-state index contributed by atoms with van der Waals surface area (Å²) in [4.78, 5) is 29.5. The van der Waals surface area contributed by atoms with E-state index in [-0.39, 0.29) is 11.8 Å². The van der Waals surface area contributed by atoms with E-state index in [0.29, 0.717) is 48.4 Å². The molecule has 0 spiro atoms. The Balaban J connectivity index is 1.52. The second-order valence-electron chi connectivity index (χ2n) is 10.6. The van der Waals surface area contributed by atoms with Crippen LogP contribution in [-0.2, 0) is 29.0 Å². The summed E-state index contributed by atoms with van der Waals surface area (Å²) < 4.78 is 10.9. The van der Waals surface area contributed by atoms with Crippen LogP contribution in [0, 0.1) is 11.8 Å². The predicted molar refractivity (Wildman–Crippen MR) is 148 cm³/mol. The molecule has 1 saturated carbocycles. The normalized spacial score (nSPS) is 22.0. The van der Waals surface area contributed by atoms with Crippen molar-refractivity contribution in [3.63, 3.8) is 0 Å². The van der Waals surface area contributed by atoms with Crippen molar-refractivity contribution in [2.24, 2.45) is 11.8 Å². The van der Waals surface area contributed by atoms with Crippen molar-refractivity contribution in [3.8, 4) is 11.5 Å². The van der Waals surface area contributed by atoms with E-state index in [2.05, 4.69) is 29.6 Å². The van der Waals surface area contributed by atoms with E-state index in [1.54, 1.807) is 39.3 Å². The Hall–Kier alpha value is -3.80. The van der Waals surface area contributed by atoms with Crippen LogP contribution in [0.15, 0.2) is 72.8 Å². The number of hydrogen-bond donors (Lipinski definition) is 1. The molecule has 198 valence electrons. The fraction of sp³-hybridized carbons (Fsp3) is 0.375. The van der Waals surface area contributed by atoms with Gasteiger partial charge in [0.1, 0.15) is 17.0 Å². The number of nitrogens with zero attached hydrogens (tertiary/aromatic N) is 1. The van der Waals surface area contributed by atoms with Gasteiger partial charge in [0.2, 0.25) is 11.8 Å². The van der Waals surface area contributed by atoms with Crippen molar-refractivity contribution in [2.75, 3.05) is 19.5 Å². The highest BCUT2D eigenvalue weighted by atomic mass is 16.5. The van der Waals surface area contributed by atoms with Gasteiger partial charge in [-0.2, -0.15) is 0 Å². The summed E-state index contributed by atoms with van der Waals surface area (Å²) in [6, 6.07) is 23.9. The van der Waals surface area contributed by atoms with Gasteiger partial charge in [-0.05, 0) is 72.8 Å². The number of carbonyl (C=O) groups is 2. The molecule has 38 heavy (non-hydrogen) atoms. The minimum atomic E-state index is -0.972. The summed E-state index contributed by atoms with van der Waals surface area (Å²) >= 11 is 0. The van der Waals surface area contributed by atoms with Crippen molar-refractivity contribution in [1.82, 2.24) is 4.90 Å². The molecule has 5 rings (SSSR count). The predicted octanol–water partition coefficient (Wildman–Crippen LogP) is 5.64. The van der Waals surface area contributed by atoms with Crippen LogP contribution in [0.2, 0.25) is 0 Å². The highest BCUT2D eigenvalue weighted by molar-refractivity contribution is 6.01. The summed E-state index contributed by atoms with van der Waals surface area (Å²) in [7, 11) is 3.17. The van der Waals surface area contributed by atoms with Gasteiger partial charge in [-0.15, -0.1) is 0 Å². The molecule has 0 aromatic heterocycles. The van der Waals surface area contributed by atoms with Crippen LogP contribution in [0.25, 0.3) is 0 Å². The standard InChI is InChI=1S/C32H36N2O4/c1-22(35)34(21-23-9-5-4-6-10-23)32(31(36)33-29-14-13-28(37-2)19-30(29)38-3)16-15-26-17-24-11-7-8-12-25(24)18-27(26)20-32/h4-14,19,26-27H,15-18,20-21H2,1-3H3,(H,33,36). The molecule has 6 heteroatoms. The Kier molecular flexibility index (Phi) is 7.41. The first kappa shape index (κ1) is 25.8. The summed E-state index contributed by atoms with van der Waals surface area (Å²) in [6.07, 6.45) is 4.10. The van der Waals surface area contributed by atoms with Crippen molar-refractivity contribution >= 4 is 17.5 Å². The van der Waals surface area contributed by atoms with Crippen molar-refractivity contribution in [3.05, 3.63) is 89.5 Å². The zero-order chi connectivity index (χ0) is 26.7. The molecule has 0 aliphatic heterocycles. The third kappa shape index (κ3) is 5.00. The highest BCUT2D eigenvalue weighted by Crippen LogP contribution is 2.47. The van der Waals surface area contributed by atoms with Gasteiger partial charge in [-0.25, -0.2) is 0 Å². The number of benzene rings is 3. The molecule has 3 aromatic carbocycles. The first-order valence-electron chi connectivity index (χ1n) is 13.4. The lowest BCUT2D eigenvalue weighted by molar-refractivity contribution is -0.149. The van der Waals surface area contributed by atoms with Crippen LogP contribution in [0.4, 0.5) is 5.69 Å². The number of ether oxygens (including phenoxy) is 2. The molecule has 3 unspecified atom stereocenters. The minimum Gasteiger partial charge on any atom is -0.497 e. The van der Waals surface area contributed by atoms with E-state index in [1.807, 2.05) is 35.2 Å². The third-order valence-corrected chi connectivity index (χ3v) is 8.44. The SMILES string of the molecule is COc1ccc(NC(=O)C2(N(Cc3ccccc3)C(C)=O)CCC3Cc4ccccc4CC3C2)c(OC)c1. The van der Waals surface area contributed by atoms with Crippen LogP contribution in [0.3, 0.4) is 0 Å². The molecule has 0 heterocycles.